The molecular formula is C14H18N2OS. The van der Waals surface area contributed by atoms with E-state index in [0.29, 0.717) is 0 Å². The maximum absolute atomic E-state index is 5.28. The predicted molar refractivity (Wildman–Crippen MR) is 75.2 cm³/mol. The van der Waals surface area contributed by atoms with Crippen LogP contribution < -0.4 is 10.1 Å². The van der Waals surface area contributed by atoms with E-state index in [9.17, 15) is 0 Å². The highest BCUT2D eigenvalue weighted by atomic mass is 32.1. The van der Waals surface area contributed by atoms with Crippen LogP contribution >= 0.6 is 11.3 Å². The van der Waals surface area contributed by atoms with Gasteiger partial charge < -0.3 is 10.1 Å². The van der Waals surface area contributed by atoms with Crippen molar-refractivity contribution < 1.29 is 4.74 Å². The van der Waals surface area contributed by atoms with Crippen molar-refractivity contribution in [3.63, 3.8) is 0 Å². The van der Waals surface area contributed by atoms with Crippen molar-refractivity contribution in [3.05, 3.63) is 46.4 Å². The van der Waals surface area contributed by atoms with E-state index in [1.807, 2.05) is 23.7 Å². The van der Waals surface area contributed by atoms with Crippen molar-refractivity contribution in [2.45, 2.75) is 19.4 Å². The molecule has 3 nitrogen and oxygen atoms in total. The molecule has 2 aromatic rings. The van der Waals surface area contributed by atoms with E-state index in [2.05, 4.69) is 29.4 Å². The van der Waals surface area contributed by atoms with Gasteiger partial charge in [-0.25, -0.2) is 4.98 Å². The summed E-state index contributed by atoms with van der Waals surface area (Å²) in [5.74, 6) is 0.898. The van der Waals surface area contributed by atoms with Gasteiger partial charge in [-0.3, -0.25) is 0 Å². The molecular weight excluding hydrogens is 244 g/mol. The third-order valence-electron chi connectivity index (χ3n) is 2.81. The van der Waals surface area contributed by atoms with Crippen molar-refractivity contribution in [1.82, 2.24) is 10.3 Å². The van der Waals surface area contributed by atoms with E-state index in [4.69, 9.17) is 4.74 Å². The fraction of sp³-hybridized carbons (Fsp3) is 0.357. The predicted octanol–water partition coefficient (Wildman–Crippen LogP) is 3.05. The SMILES string of the molecule is CCNC(Cc1nccs1)c1cccc(OC)c1. The number of ether oxygens (including phenoxy) is 1. The number of benzene rings is 1. The number of thiazole rings is 1. The van der Waals surface area contributed by atoms with Crippen molar-refractivity contribution in [3.8, 4) is 5.75 Å². The van der Waals surface area contributed by atoms with Gasteiger partial charge in [0.05, 0.1) is 12.1 Å². The van der Waals surface area contributed by atoms with Gasteiger partial charge in [0.2, 0.25) is 0 Å². The zero-order valence-electron chi connectivity index (χ0n) is 10.7. The van der Waals surface area contributed by atoms with Gasteiger partial charge in [-0.1, -0.05) is 19.1 Å². The Hall–Kier alpha value is -1.39. The summed E-state index contributed by atoms with van der Waals surface area (Å²) in [6.45, 7) is 3.06. The van der Waals surface area contributed by atoms with Gasteiger partial charge in [-0.15, -0.1) is 11.3 Å². The summed E-state index contributed by atoms with van der Waals surface area (Å²) in [4.78, 5) is 4.35. The van der Waals surface area contributed by atoms with Crippen molar-refractivity contribution in [2.24, 2.45) is 0 Å². The zero-order valence-corrected chi connectivity index (χ0v) is 11.5. The first kappa shape index (κ1) is 13.1. The Morgan fingerprint density at radius 2 is 2.33 bits per heavy atom. The van der Waals surface area contributed by atoms with E-state index in [1.54, 1.807) is 18.4 Å². The quantitative estimate of drug-likeness (QED) is 0.869. The fourth-order valence-electron chi connectivity index (χ4n) is 1.94. The largest absolute Gasteiger partial charge is 0.497 e. The van der Waals surface area contributed by atoms with Gasteiger partial charge in [-0.05, 0) is 24.2 Å². The molecule has 0 radical (unpaired) electrons. The molecule has 1 aromatic carbocycles. The highest BCUT2D eigenvalue weighted by Crippen LogP contribution is 2.23. The molecule has 2 rings (SSSR count). The number of rotatable bonds is 6. The van der Waals surface area contributed by atoms with Crippen LogP contribution in [-0.4, -0.2) is 18.6 Å². The Labute approximate surface area is 112 Å². The van der Waals surface area contributed by atoms with Crippen LogP contribution in [0.25, 0.3) is 0 Å². The monoisotopic (exact) mass is 262 g/mol. The Bertz CT molecular complexity index is 470. The maximum atomic E-state index is 5.28. The molecule has 0 spiro atoms. The van der Waals surface area contributed by atoms with Crippen LogP contribution in [0.3, 0.4) is 0 Å². The number of nitrogens with one attached hydrogen (secondary N) is 1. The van der Waals surface area contributed by atoms with E-state index >= 15 is 0 Å². The highest BCUT2D eigenvalue weighted by Gasteiger charge is 2.13. The Morgan fingerprint density at radius 3 is 3.00 bits per heavy atom. The molecule has 1 atom stereocenters. The number of hydrogen-bond acceptors (Lipinski definition) is 4. The standard InChI is InChI=1S/C14H18N2OS/c1-3-15-13(10-14-16-7-8-18-14)11-5-4-6-12(9-11)17-2/h4-9,13,15H,3,10H2,1-2H3. The second kappa shape index (κ2) is 6.52. The molecule has 0 saturated carbocycles. The molecule has 1 heterocycles. The maximum Gasteiger partial charge on any atom is 0.119 e. The minimum absolute atomic E-state index is 0.288. The average Bonchev–Trinajstić information content (AvgIpc) is 2.91. The number of aromatic nitrogens is 1. The number of methoxy groups -OCH3 is 1. The Morgan fingerprint density at radius 1 is 1.44 bits per heavy atom. The lowest BCUT2D eigenvalue weighted by atomic mass is 10.0. The number of likely N-dealkylation sites (N-methyl/N-ethyl adjacent to an activating group) is 1. The Balaban J connectivity index is 2.17. The molecule has 0 aliphatic carbocycles. The molecule has 0 bridgehead atoms. The molecule has 0 saturated heterocycles. The third-order valence-corrected chi connectivity index (χ3v) is 3.61. The summed E-state index contributed by atoms with van der Waals surface area (Å²) in [5, 5.41) is 6.67. The van der Waals surface area contributed by atoms with Gasteiger partial charge >= 0.3 is 0 Å². The van der Waals surface area contributed by atoms with Crippen LogP contribution in [0.5, 0.6) is 5.75 Å². The summed E-state index contributed by atoms with van der Waals surface area (Å²) in [7, 11) is 1.70. The summed E-state index contributed by atoms with van der Waals surface area (Å²) in [6.07, 6.45) is 2.77. The first-order valence-corrected chi connectivity index (χ1v) is 6.97. The first-order valence-electron chi connectivity index (χ1n) is 6.09. The summed E-state index contributed by atoms with van der Waals surface area (Å²) in [6, 6.07) is 8.50. The van der Waals surface area contributed by atoms with Crippen LogP contribution in [0.1, 0.15) is 23.5 Å². The molecule has 1 N–H and O–H groups in total. The van der Waals surface area contributed by atoms with Gasteiger partial charge in [0.1, 0.15) is 5.75 Å². The third kappa shape index (κ3) is 3.31. The molecule has 18 heavy (non-hydrogen) atoms. The molecule has 0 aliphatic rings. The lowest BCUT2D eigenvalue weighted by Gasteiger charge is -2.17. The van der Waals surface area contributed by atoms with E-state index in [-0.39, 0.29) is 6.04 Å². The van der Waals surface area contributed by atoms with E-state index in [1.165, 1.54) is 5.56 Å². The van der Waals surface area contributed by atoms with Crippen LogP contribution in [0.2, 0.25) is 0 Å². The van der Waals surface area contributed by atoms with Crippen molar-refractivity contribution in [2.75, 3.05) is 13.7 Å². The number of hydrogen-bond donors (Lipinski definition) is 1. The molecule has 1 aromatic heterocycles. The number of nitrogens with zero attached hydrogens (tertiary/aromatic N) is 1. The normalized spacial score (nSPS) is 12.3. The van der Waals surface area contributed by atoms with Gasteiger partial charge in [0.25, 0.3) is 0 Å². The van der Waals surface area contributed by atoms with Crippen molar-refractivity contribution in [1.29, 1.82) is 0 Å². The average molecular weight is 262 g/mol. The minimum atomic E-state index is 0.288. The molecule has 1 unspecified atom stereocenters. The lowest BCUT2D eigenvalue weighted by molar-refractivity contribution is 0.413. The summed E-state index contributed by atoms with van der Waals surface area (Å²) < 4.78 is 5.28. The van der Waals surface area contributed by atoms with Gasteiger partial charge in [0, 0.05) is 24.0 Å². The molecule has 4 heteroatoms. The fourth-order valence-corrected chi connectivity index (χ4v) is 2.60. The minimum Gasteiger partial charge on any atom is -0.497 e. The topological polar surface area (TPSA) is 34.2 Å². The Kier molecular flexibility index (Phi) is 4.73. The van der Waals surface area contributed by atoms with Crippen molar-refractivity contribution >= 4 is 11.3 Å². The molecule has 96 valence electrons. The molecule has 0 aliphatic heterocycles. The lowest BCUT2D eigenvalue weighted by Crippen LogP contribution is -2.22. The van der Waals surface area contributed by atoms with Crippen LogP contribution in [0.15, 0.2) is 35.8 Å². The highest BCUT2D eigenvalue weighted by molar-refractivity contribution is 7.09. The zero-order chi connectivity index (χ0) is 12.8. The smallest absolute Gasteiger partial charge is 0.119 e. The van der Waals surface area contributed by atoms with Crippen LogP contribution in [0.4, 0.5) is 0 Å². The molecule has 0 fully saturated rings. The summed E-state index contributed by atoms with van der Waals surface area (Å²) in [5.41, 5.74) is 1.24. The van der Waals surface area contributed by atoms with Gasteiger partial charge in [0.15, 0.2) is 0 Å². The second-order valence-corrected chi connectivity index (χ2v) is 5.00. The molecule has 0 amide bonds. The van der Waals surface area contributed by atoms with Crippen LogP contribution in [0, 0.1) is 0 Å². The van der Waals surface area contributed by atoms with E-state index in [0.717, 1.165) is 23.7 Å². The van der Waals surface area contributed by atoms with E-state index < -0.39 is 0 Å². The van der Waals surface area contributed by atoms with Gasteiger partial charge in [-0.2, -0.15) is 0 Å². The summed E-state index contributed by atoms with van der Waals surface area (Å²) >= 11 is 1.70. The second-order valence-electron chi connectivity index (χ2n) is 4.02. The first-order chi connectivity index (χ1) is 8.83. The van der Waals surface area contributed by atoms with Crippen LogP contribution in [-0.2, 0) is 6.42 Å².